The maximum Gasteiger partial charge on any atom is 0.328 e. The number of carbonyl (C=O) groups is 2. The third-order valence-electron chi connectivity index (χ3n) is 4.89. The number of carboxylic acid groups (broad SMARTS) is 1. The van der Waals surface area contributed by atoms with Crippen LogP contribution >= 0.6 is 11.6 Å². The second-order valence-corrected chi connectivity index (χ2v) is 6.92. The molecule has 0 bridgehead atoms. The zero-order valence-electron chi connectivity index (χ0n) is 13.0. The van der Waals surface area contributed by atoms with E-state index in [4.69, 9.17) is 16.3 Å². The van der Waals surface area contributed by atoms with Crippen LogP contribution < -0.4 is 0 Å². The van der Waals surface area contributed by atoms with E-state index in [1.54, 1.807) is 24.3 Å². The van der Waals surface area contributed by atoms with Gasteiger partial charge < -0.3 is 9.84 Å². The minimum atomic E-state index is -1.03. The van der Waals surface area contributed by atoms with Gasteiger partial charge >= 0.3 is 5.97 Å². The first kappa shape index (κ1) is 16.3. The van der Waals surface area contributed by atoms with E-state index < -0.39 is 17.7 Å². The normalized spacial score (nSPS) is 30.6. The summed E-state index contributed by atoms with van der Waals surface area (Å²) in [5.41, 5.74) is -0.401. The van der Waals surface area contributed by atoms with Crippen LogP contribution in [0.2, 0.25) is 5.02 Å². The predicted octanol–water partition coefficient (Wildman–Crippen LogP) is 3.17. The smallest absolute Gasteiger partial charge is 0.328 e. The Balaban J connectivity index is 1.96. The molecule has 5 nitrogen and oxygen atoms in total. The zero-order valence-corrected chi connectivity index (χ0v) is 13.8. The summed E-state index contributed by atoms with van der Waals surface area (Å²) < 4.78 is 5.88. The second kappa shape index (κ2) is 6.13. The number of aliphatic carboxylic acids is 1. The number of ether oxygens (including phenoxy) is 1. The largest absolute Gasteiger partial charge is 0.480 e. The lowest BCUT2D eigenvalue weighted by Crippen LogP contribution is -2.55. The van der Waals surface area contributed by atoms with Crippen molar-refractivity contribution in [3.63, 3.8) is 0 Å². The lowest BCUT2D eigenvalue weighted by atomic mass is 9.83. The van der Waals surface area contributed by atoms with Crippen LogP contribution in [0, 0.1) is 5.92 Å². The molecule has 124 valence electrons. The topological polar surface area (TPSA) is 66.8 Å². The van der Waals surface area contributed by atoms with E-state index in [9.17, 15) is 14.7 Å². The molecule has 6 heteroatoms. The van der Waals surface area contributed by atoms with Crippen LogP contribution in [0.4, 0.5) is 0 Å². The molecule has 1 N–H and O–H groups in total. The molecule has 1 saturated carbocycles. The van der Waals surface area contributed by atoms with Gasteiger partial charge in [-0.15, -0.1) is 0 Å². The third kappa shape index (κ3) is 2.95. The first-order valence-corrected chi connectivity index (χ1v) is 8.27. The highest BCUT2D eigenvalue weighted by atomic mass is 35.5. The number of hydrogen-bond donors (Lipinski definition) is 1. The molecule has 1 aromatic carbocycles. The Hall–Kier alpha value is -1.59. The van der Waals surface area contributed by atoms with Crippen LogP contribution in [0.3, 0.4) is 0 Å². The highest BCUT2D eigenvalue weighted by molar-refractivity contribution is 6.31. The summed E-state index contributed by atoms with van der Waals surface area (Å²) in [7, 11) is 0. The van der Waals surface area contributed by atoms with Crippen molar-refractivity contribution in [2.75, 3.05) is 6.61 Å². The summed E-state index contributed by atoms with van der Waals surface area (Å²) in [6, 6.07) is 5.66. The van der Waals surface area contributed by atoms with Gasteiger partial charge in [0.2, 0.25) is 0 Å². The molecule has 0 aromatic heterocycles. The van der Waals surface area contributed by atoms with Crippen LogP contribution in [-0.2, 0) is 9.53 Å². The summed E-state index contributed by atoms with van der Waals surface area (Å²) in [4.78, 5) is 26.0. The van der Waals surface area contributed by atoms with E-state index >= 15 is 0 Å². The maximum absolute atomic E-state index is 13.0. The molecule has 0 radical (unpaired) electrons. The average Bonchev–Trinajstić information content (AvgIpc) is 2.89. The van der Waals surface area contributed by atoms with Crippen molar-refractivity contribution in [3.8, 4) is 0 Å². The minimum absolute atomic E-state index is 0.0377. The number of amides is 1. The van der Waals surface area contributed by atoms with Crippen molar-refractivity contribution in [2.45, 2.75) is 44.4 Å². The van der Waals surface area contributed by atoms with E-state index in [1.807, 2.05) is 0 Å². The predicted molar refractivity (Wildman–Crippen MR) is 85.4 cm³/mol. The van der Waals surface area contributed by atoms with E-state index in [2.05, 4.69) is 6.92 Å². The number of rotatable bonds is 2. The molecule has 1 heterocycles. The van der Waals surface area contributed by atoms with Gasteiger partial charge in [-0.05, 0) is 49.8 Å². The number of hydrogen-bond acceptors (Lipinski definition) is 3. The highest BCUT2D eigenvalue weighted by Crippen LogP contribution is 2.43. The van der Waals surface area contributed by atoms with Crippen molar-refractivity contribution in [1.82, 2.24) is 4.90 Å². The maximum atomic E-state index is 13.0. The molecule has 3 rings (SSSR count). The van der Waals surface area contributed by atoms with Crippen molar-refractivity contribution in [2.24, 2.45) is 5.92 Å². The van der Waals surface area contributed by atoms with Gasteiger partial charge in [0, 0.05) is 10.6 Å². The van der Waals surface area contributed by atoms with Gasteiger partial charge in [-0.2, -0.15) is 0 Å². The number of benzene rings is 1. The van der Waals surface area contributed by atoms with E-state index in [0.29, 0.717) is 29.3 Å². The quantitative estimate of drug-likeness (QED) is 0.900. The molecule has 1 atom stereocenters. The number of carbonyl (C=O) groups excluding carboxylic acids is 1. The first-order chi connectivity index (χ1) is 10.9. The molecule has 1 aromatic rings. The summed E-state index contributed by atoms with van der Waals surface area (Å²) in [6.07, 6.45) is 3.19. The lowest BCUT2D eigenvalue weighted by Gasteiger charge is -2.42. The van der Waals surface area contributed by atoms with E-state index in [0.717, 1.165) is 12.8 Å². The van der Waals surface area contributed by atoms with Crippen molar-refractivity contribution < 1.29 is 19.4 Å². The molecule has 1 amide bonds. The Kier molecular flexibility index (Phi) is 4.34. The number of halogens is 1. The zero-order chi connectivity index (χ0) is 16.6. The molecule has 1 saturated heterocycles. The summed E-state index contributed by atoms with van der Waals surface area (Å²) >= 11 is 5.97. The van der Waals surface area contributed by atoms with Crippen molar-refractivity contribution >= 4 is 23.5 Å². The van der Waals surface area contributed by atoms with Crippen LogP contribution in [0.15, 0.2) is 24.3 Å². The number of carboxylic acids is 1. The molecule has 23 heavy (non-hydrogen) atoms. The fourth-order valence-corrected chi connectivity index (χ4v) is 3.72. The molecular formula is C17H20ClNO4. The molecular weight excluding hydrogens is 318 g/mol. The Morgan fingerprint density at radius 3 is 2.65 bits per heavy atom. The van der Waals surface area contributed by atoms with Gasteiger partial charge in [0.25, 0.3) is 5.91 Å². The van der Waals surface area contributed by atoms with Gasteiger partial charge in [0.15, 0.2) is 6.04 Å². The minimum Gasteiger partial charge on any atom is -0.480 e. The van der Waals surface area contributed by atoms with Gasteiger partial charge in [0.05, 0.1) is 6.61 Å². The Bertz CT molecular complexity index is 625. The van der Waals surface area contributed by atoms with E-state index in [1.165, 1.54) is 4.90 Å². The van der Waals surface area contributed by atoms with Crippen LogP contribution in [-0.4, -0.2) is 40.3 Å². The first-order valence-electron chi connectivity index (χ1n) is 7.89. The number of nitrogens with zero attached hydrogens (tertiary/aromatic N) is 1. The Morgan fingerprint density at radius 1 is 1.35 bits per heavy atom. The molecule has 2 aliphatic rings. The molecule has 1 unspecified atom stereocenters. The van der Waals surface area contributed by atoms with Gasteiger partial charge in [-0.3, -0.25) is 9.69 Å². The Morgan fingerprint density at radius 2 is 2.04 bits per heavy atom. The molecule has 2 fully saturated rings. The van der Waals surface area contributed by atoms with Gasteiger partial charge in [-0.1, -0.05) is 24.6 Å². The monoisotopic (exact) mass is 337 g/mol. The average molecular weight is 338 g/mol. The summed E-state index contributed by atoms with van der Waals surface area (Å²) in [6.45, 7) is 2.20. The second-order valence-electron chi connectivity index (χ2n) is 6.48. The van der Waals surface area contributed by atoms with Crippen molar-refractivity contribution in [1.29, 1.82) is 0 Å². The van der Waals surface area contributed by atoms with Gasteiger partial charge in [-0.25, -0.2) is 4.79 Å². The van der Waals surface area contributed by atoms with Crippen LogP contribution in [0.1, 0.15) is 43.0 Å². The SMILES string of the molecule is CC1CCC2(CC1)OCC(C(=O)O)N2C(=O)c1cccc(Cl)c1. The lowest BCUT2D eigenvalue weighted by molar-refractivity contribution is -0.143. The molecule has 1 aliphatic carbocycles. The van der Waals surface area contributed by atoms with E-state index in [-0.39, 0.29) is 12.5 Å². The molecule has 1 spiro atoms. The summed E-state index contributed by atoms with van der Waals surface area (Å²) in [5, 5.41) is 9.95. The van der Waals surface area contributed by atoms with Gasteiger partial charge in [0.1, 0.15) is 5.72 Å². The summed E-state index contributed by atoms with van der Waals surface area (Å²) in [5.74, 6) is -0.793. The standard InChI is InChI=1S/C17H20ClNO4/c1-11-5-7-17(8-6-11)19(14(10-23-17)16(21)22)15(20)12-3-2-4-13(18)9-12/h2-4,9,11,14H,5-8,10H2,1H3,(H,21,22). The highest BCUT2D eigenvalue weighted by Gasteiger charge is 2.53. The fourth-order valence-electron chi connectivity index (χ4n) is 3.53. The van der Waals surface area contributed by atoms with Crippen molar-refractivity contribution in [3.05, 3.63) is 34.9 Å². The third-order valence-corrected chi connectivity index (χ3v) is 5.13. The Labute approximate surface area is 140 Å². The molecule has 1 aliphatic heterocycles. The fraction of sp³-hybridized carbons (Fsp3) is 0.529. The van der Waals surface area contributed by atoms with Crippen LogP contribution in [0.5, 0.6) is 0 Å². The van der Waals surface area contributed by atoms with Crippen LogP contribution in [0.25, 0.3) is 0 Å².